The Morgan fingerprint density at radius 2 is 1.90 bits per heavy atom. The Morgan fingerprint density at radius 3 is 2.63 bits per heavy atom. The van der Waals surface area contributed by atoms with Crippen LogP contribution in [0, 0.1) is 0 Å². The minimum Gasteiger partial charge on any atom is -0.486 e. The normalized spacial score (nSPS) is 15.9. The van der Waals surface area contributed by atoms with Crippen LogP contribution in [0.4, 0.5) is 0 Å². The molecule has 8 heteroatoms. The van der Waals surface area contributed by atoms with Gasteiger partial charge in [-0.1, -0.05) is 35.9 Å². The van der Waals surface area contributed by atoms with E-state index in [0.717, 1.165) is 5.75 Å². The molecule has 0 aliphatic carbocycles. The second-order valence-corrected chi connectivity index (χ2v) is 8.40. The van der Waals surface area contributed by atoms with Gasteiger partial charge in [-0.3, -0.25) is 9.59 Å². The van der Waals surface area contributed by atoms with E-state index < -0.39 is 6.04 Å². The number of rotatable bonds is 8. The number of ether oxygens (including phenoxy) is 2. The van der Waals surface area contributed by atoms with Crippen molar-refractivity contribution in [2.45, 2.75) is 18.6 Å². The molecule has 0 spiro atoms. The lowest BCUT2D eigenvalue weighted by molar-refractivity contribution is -0.133. The Hall–Kier alpha value is -2.38. The number of nitrogens with one attached hydrogen (secondary N) is 1. The number of carbonyl (C=O) groups is 2. The van der Waals surface area contributed by atoms with Crippen molar-refractivity contribution in [1.29, 1.82) is 0 Å². The van der Waals surface area contributed by atoms with Gasteiger partial charge >= 0.3 is 0 Å². The highest BCUT2D eigenvalue weighted by Crippen LogP contribution is 2.31. The molecule has 1 heterocycles. The quantitative estimate of drug-likeness (QED) is 0.669. The predicted octanol–water partition coefficient (Wildman–Crippen LogP) is 3.49. The molecule has 0 radical (unpaired) electrons. The molecule has 0 saturated carbocycles. The number of hydrogen-bond donors (Lipinski definition) is 1. The third-order valence-corrected chi connectivity index (χ3v) is 5.73. The van der Waals surface area contributed by atoms with Gasteiger partial charge in [-0.25, -0.2) is 0 Å². The molecule has 0 unspecified atom stereocenters. The highest BCUT2D eigenvalue weighted by Gasteiger charge is 2.28. The lowest BCUT2D eigenvalue weighted by Crippen LogP contribution is -2.50. The molecule has 2 amide bonds. The molecule has 30 heavy (non-hydrogen) atoms. The maximum atomic E-state index is 13.1. The van der Waals surface area contributed by atoms with Gasteiger partial charge in [0.1, 0.15) is 12.6 Å². The number of likely N-dealkylation sites (N-methyl/N-ethyl adjacent to an activating group) is 1. The first-order valence-electron chi connectivity index (χ1n) is 9.67. The highest BCUT2D eigenvalue weighted by molar-refractivity contribution is 7.98. The molecule has 1 aliphatic heterocycles. The van der Waals surface area contributed by atoms with Crippen LogP contribution < -0.4 is 14.8 Å². The summed E-state index contributed by atoms with van der Waals surface area (Å²) in [4.78, 5) is 27.4. The van der Waals surface area contributed by atoms with Crippen molar-refractivity contribution in [3.63, 3.8) is 0 Å². The first-order chi connectivity index (χ1) is 14.5. The van der Waals surface area contributed by atoms with Crippen LogP contribution in [-0.4, -0.2) is 61.1 Å². The average molecular weight is 449 g/mol. The Morgan fingerprint density at radius 1 is 1.20 bits per heavy atom. The molecule has 0 saturated heterocycles. The summed E-state index contributed by atoms with van der Waals surface area (Å²) in [7, 11) is 1.71. The van der Waals surface area contributed by atoms with E-state index >= 15 is 0 Å². The largest absolute Gasteiger partial charge is 0.486 e. The van der Waals surface area contributed by atoms with Crippen molar-refractivity contribution in [3.05, 3.63) is 59.1 Å². The summed E-state index contributed by atoms with van der Waals surface area (Å²) in [5.74, 6) is 1.57. The zero-order chi connectivity index (χ0) is 21.5. The number of halogens is 1. The van der Waals surface area contributed by atoms with Crippen LogP contribution in [0.3, 0.4) is 0 Å². The number of fused-ring (bicyclic) bond motifs is 1. The van der Waals surface area contributed by atoms with Crippen LogP contribution in [0.2, 0.25) is 5.02 Å². The van der Waals surface area contributed by atoms with Crippen LogP contribution in [-0.2, 0) is 4.79 Å². The van der Waals surface area contributed by atoms with Gasteiger partial charge in [-0.15, -0.1) is 0 Å². The van der Waals surface area contributed by atoms with Crippen LogP contribution in [0.5, 0.6) is 11.5 Å². The summed E-state index contributed by atoms with van der Waals surface area (Å²) in [6.07, 6.45) is 2.20. The molecule has 6 nitrogen and oxygen atoms in total. The number of nitrogens with zero attached hydrogens (tertiary/aromatic N) is 1. The second-order valence-electron chi connectivity index (χ2n) is 7.00. The first-order valence-corrected chi connectivity index (χ1v) is 11.4. The lowest BCUT2D eigenvalue weighted by Gasteiger charge is -2.31. The number of para-hydroxylation sites is 2. The average Bonchev–Trinajstić information content (AvgIpc) is 2.76. The number of benzene rings is 2. The molecule has 2 aromatic carbocycles. The summed E-state index contributed by atoms with van der Waals surface area (Å²) < 4.78 is 11.7. The topological polar surface area (TPSA) is 67.9 Å². The van der Waals surface area contributed by atoms with Crippen molar-refractivity contribution in [3.8, 4) is 11.5 Å². The van der Waals surface area contributed by atoms with Crippen LogP contribution >= 0.6 is 23.4 Å². The fourth-order valence-electron chi connectivity index (χ4n) is 3.19. The molecule has 160 valence electrons. The second kappa shape index (κ2) is 10.6. The van der Waals surface area contributed by atoms with Crippen molar-refractivity contribution in [2.75, 3.05) is 32.2 Å². The Labute approximate surface area is 185 Å². The molecule has 2 aromatic rings. The Bertz CT molecular complexity index is 895. The minimum atomic E-state index is -0.650. The van der Waals surface area contributed by atoms with Gasteiger partial charge < -0.3 is 19.7 Å². The van der Waals surface area contributed by atoms with Gasteiger partial charge in [-0.2, -0.15) is 11.8 Å². The summed E-state index contributed by atoms with van der Waals surface area (Å²) in [5.41, 5.74) is 0.351. The SMILES string of the molecule is CSCC[C@H](NC(=O)c1ccccc1Cl)C(=O)N(C)C[C@@H]1COc2ccccc2O1. The maximum Gasteiger partial charge on any atom is 0.253 e. The van der Waals surface area contributed by atoms with Crippen LogP contribution in [0.25, 0.3) is 0 Å². The van der Waals surface area contributed by atoms with E-state index in [2.05, 4.69) is 5.32 Å². The molecule has 0 bridgehead atoms. The lowest BCUT2D eigenvalue weighted by atomic mass is 10.1. The zero-order valence-electron chi connectivity index (χ0n) is 17.0. The number of thioether (sulfide) groups is 1. The van der Waals surface area contributed by atoms with Gasteiger partial charge in [0, 0.05) is 7.05 Å². The molecule has 2 atom stereocenters. The maximum absolute atomic E-state index is 13.1. The third kappa shape index (κ3) is 5.61. The fourth-order valence-corrected chi connectivity index (χ4v) is 3.88. The van der Waals surface area contributed by atoms with Crippen molar-refractivity contribution >= 4 is 35.2 Å². The summed E-state index contributed by atoms with van der Waals surface area (Å²) in [6.45, 7) is 0.709. The van der Waals surface area contributed by atoms with Crippen molar-refractivity contribution in [1.82, 2.24) is 10.2 Å². The van der Waals surface area contributed by atoms with Crippen LogP contribution in [0.15, 0.2) is 48.5 Å². The molecular weight excluding hydrogens is 424 g/mol. The predicted molar refractivity (Wildman–Crippen MR) is 120 cm³/mol. The standard InChI is InChI=1S/C22H25ClN2O4S/c1-25(13-15-14-28-19-9-5-6-10-20(19)29-15)22(27)18(11-12-30-2)24-21(26)16-7-3-4-8-17(16)23/h3-10,15,18H,11-14H2,1-2H3,(H,24,26)/t15-,18+/m1/s1. The molecule has 1 aliphatic rings. The van der Waals surface area contributed by atoms with Gasteiger partial charge in [0.15, 0.2) is 17.6 Å². The van der Waals surface area contributed by atoms with Crippen molar-refractivity contribution < 1.29 is 19.1 Å². The Kier molecular flexibility index (Phi) is 7.87. The van der Waals surface area contributed by atoms with Gasteiger partial charge in [0.2, 0.25) is 5.91 Å². The number of carbonyl (C=O) groups excluding carboxylic acids is 2. The first kappa shape index (κ1) is 22.3. The van der Waals surface area contributed by atoms with Gasteiger partial charge in [0.05, 0.1) is 17.1 Å². The van der Waals surface area contributed by atoms with E-state index in [1.807, 2.05) is 30.5 Å². The summed E-state index contributed by atoms with van der Waals surface area (Å²) in [6, 6.07) is 13.6. The minimum absolute atomic E-state index is 0.174. The summed E-state index contributed by atoms with van der Waals surface area (Å²) in [5, 5.41) is 3.20. The highest BCUT2D eigenvalue weighted by atomic mass is 35.5. The summed E-state index contributed by atoms with van der Waals surface area (Å²) >= 11 is 7.75. The third-order valence-electron chi connectivity index (χ3n) is 4.75. The van der Waals surface area contributed by atoms with E-state index in [4.69, 9.17) is 21.1 Å². The number of hydrogen-bond acceptors (Lipinski definition) is 5. The Balaban J connectivity index is 1.64. The molecule has 0 aromatic heterocycles. The molecule has 1 N–H and O–H groups in total. The molecule has 3 rings (SSSR count). The monoisotopic (exact) mass is 448 g/mol. The van der Waals surface area contributed by atoms with E-state index in [1.165, 1.54) is 0 Å². The van der Waals surface area contributed by atoms with E-state index in [-0.39, 0.29) is 17.9 Å². The number of amides is 2. The van der Waals surface area contributed by atoms with Crippen LogP contribution in [0.1, 0.15) is 16.8 Å². The van der Waals surface area contributed by atoms with E-state index in [1.54, 1.807) is 48.0 Å². The van der Waals surface area contributed by atoms with E-state index in [0.29, 0.717) is 41.7 Å². The van der Waals surface area contributed by atoms with Gasteiger partial charge in [0.25, 0.3) is 5.91 Å². The molecular formula is C22H25ClN2O4S. The smallest absolute Gasteiger partial charge is 0.253 e. The van der Waals surface area contributed by atoms with E-state index in [9.17, 15) is 9.59 Å². The fraction of sp³-hybridized carbons (Fsp3) is 0.364. The van der Waals surface area contributed by atoms with Crippen molar-refractivity contribution in [2.24, 2.45) is 0 Å². The molecule has 0 fully saturated rings. The zero-order valence-corrected chi connectivity index (χ0v) is 18.5. The van der Waals surface area contributed by atoms with Gasteiger partial charge in [-0.05, 0) is 42.7 Å².